The van der Waals surface area contributed by atoms with Crippen LogP contribution >= 0.6 is 31.9 Å². The lowest BCUT2D eigenvalue weighted by atomic mass is 10.2. The fraction of sp³-hybridized carbons (Fsp3) is 0.0714. The van der Waals surface area contributed by atoms with E-state index in [9.17, 15) is 25.0 Å². The van der Waals surface area contributed by atoms with Gasteiger partial charge in [-0.25, -0.2) is 0 Å². The summed E-state index contributed by atoms with van der Waals surface area (Å²) < 4.78 is 1.25. The van der Waals surface area contributed by atoms with Gasteiger partial charge in [-0.05, 0) is 24.3 Å². The normalized spacial score (nSPS) is 9.56. The first-order valence-electron chi connectivity index (χ1n) is 6.52. The number of nitrogens with zero attached hydrogens (tertiary/aromatic N) is 2. The summed E-state index contributed by atoms with van der Waals surface area (Å²) in [5.74, 6) is -0.338. The lowest BCUT2D eigenvalue weighted by Gasteiger charge is -2.02. The van der Waals surface area contributed by atoms with Gasteiger partial charge in [0, 0.05) is 28.0 Å². The third-order valence-corrected chi connectivity index (χ3v) is 3.64. The molecule has 0 aliphatic heterocycles. The molecule has 2 aromatic carbocycles. The van der Waals surface area contributed by atoms with Crippen LogP contribution < -0.4 is 11.1 Å². The Labute approximate surface area is 158 Å². The second-order valence-corrected chi connectivity index (χ2v) is 6.39. The van der Waals surface area contributed by atoms with Gasteiger partial charge < -0.3 is 11.1 Å². The molecule has 0 unspecified atom stereocenters. The molecule has 9 nitrogen and oxygen atoms in total. The standard InChI is InChI=1S/C8H7BrN2O3.C6H5BrN2O2/c1-5(12)10-7-3-2-6(9)4-8(7)11(13)14;7-4-1-2-5(8)6(3-4)9(10)11/h2-4H,1H3,(H,10,12);1-3H,8H2. The van der Waals surface area contributed by atoms with Crippen LogP contribution in [-0.2, 0) is 4.79 Å². The first kappa shape index (κ1) is 20.5. The molecular weight excluding hydrogens is 464 g/mol. The van der Waals surface area contributed by atoms with E-state index >= 15 is 0 Å². The second-order valence-electron chi connectivity index (χ2n) is 4.56. The Hall–Kier alpha value is -2.53. The Kier molecular flexibility index (Phi) is 7.45. The molecule has 1 amide bonds. The van der Waals surface area contributed by atoms with Gasteiger partial charge in [0.2, 0.25) is 5.91 Å². The maximum atomic E-state index is 10.7. The molecule has 0 saturated carbocycles. The molecule has 25 heavy (non-hydrogen) atoms. The van der Waals surface area contributed by atoms with Crippen LogP contribution in [-0.4, -0.2) is 15.8 Å². The van der Waals surface area contributed by atoms with Crippen molar-refractivity contribution in [2.45, 2.75) is 6.92 Å². The zero-order chi connectivity index (χ0) is 19.1. The van der Waals surface area contributed by atoms with Crippen LogP contribution in [0, 0.1) is 20.2 Å². The first-order chi connectivity index (χ1) is 11.6. The van der Waals surface area contributed by atoms with Crippen molar-refractivity contribution in [3.63, 3.8) is 0 Å². The number of amides is 1. The number of carbonyl (C=O) groups excluding carboxylic acids is 1. The molecule has 0 aliphatic rings. The second kappa shape index (κ2) is 9.08. The molecule has 0 atom stereocenters. The van der Waals surface area contributed by atoms with Gasteiger partial charge in [0.05, 0.1) is 9.85 Å². The quantitative estimate of drug-likeness (QED) is 0.386. The fourth-order valence-corrected chi connectivity index (χ4v) is 2.32. The average molecular weight is 476 g/mol. The molecule has 0 spiro atoms. The lowest BCUT2D eigenvalue weighted by Crippen LogP contribution is -2.07. The van der Waals surface area contributed by atoms with E-state index in [2.05, 4.69) is 37.2 Å². The van der Waals surface area contributed by atoms with Crippen LogP contribution in [0.15, 0.2) is 45.3 Å². The summed E-state index contributed by atoms with van der Waals surface area (Å²) in [7, 11) is 0. The number of hydrogen-bond donors (Lipinski definition) is 2. The number of nitrogen functional groups attached to an aromatic ring is 1. The highest BCUT2D eigenvalue weighted by Gasteiger charge is 2.14. The van der Waals surface area contributed by atoms with Crippen LogP contribution in [0.3, 0.4) is 0 Å². The molecular formula is C14H12Br2N4O5. The highest BCUT2D eigenvalue weighted by atomic mass is 79.9. The molecule has 0 fully saturated rings. The number of nitrogens with two attached hydrogens (primary N) is 1. The third-order valence-electron chi connectivity index (χ3n) is 2.66. The van der Waals surface area contributed by atoms with Crippen molar-refractivity contribution in [1.29, 1.82) is 0 Å². The predicted octanol–water partition coefficient (Wildman–Crippen LogP) is 4.26. The number of carbonyl (C=O) groups is 1. The Morgan fingerprint density at radius 1 is 1.00 bits per heavy atom. The number of nitrogens with one attached hydrogen (secondary N) is 1. The van der Waals surface area contributed by atoms with Crippen LogP contribution in [0.25, 0.3) is 0 Å². The Bertz CT molecular complexity index is 829. The van der Waals surface area contributed by atoms with E-state index in [1.165, 1.54) is 31.2 Å². The highest BCUT2D eigenvalue weighted by Crippen LogP contribution is 2.27. The summed E-state index contributed by atoms with van der Waals surface area (Å²) in [6.45, 7) is 1.30. The maximum Gasteiger partial charge on any atom is 0.293 e. The van der Waals surface area contributed by atoms with E-state index in [1.807, 2.05) is 0 Å². The minimum Gasteiger partial charge on any atom is -0.393 e. The van der Waals surface area contributed by atoms with Gasteiger partial charge in [0.1, 0.15) is 11.4 Å². The van der Waals surface area contributed by atoms with E-state index in [4.69, 9.17) is 5.73 Å². The predicted molar refractivity (Wildman–Crippen MR) is 100 cm³/mol. The number of rotatable bonds is 3. The summed E-state index contributed by atoms with van der Waals surface area (Å²) in [4.78, 5) is 30.5. The van der Waals surface area contributed by atoms with E-state index in [0.717, 1.165) is 0 Å². The van der Waals surface area contributed by atoms with Crippen molar-refractivity contribution in [3.05, 3.63) is 65.6 Å². The van der Waals surface area contributed by atoms with Crippen LogP contribution in [0.5, 0.6) is 0 Å². The SMILES string of the molecule is CC(=O)Nc1ccc(Br)cc1[N+](=O)[O-].Nc1ccc(Br)cc1[N+](=O)[O-]. The summed E-state index contributed by atoms with van der Waals surface area (Å²) >= 11 is 6.22. The largest absolute Gasteiger partial charge is 0.393 e. The monoisotopic (exact) mass is 474 g/mol. The van der Waals surface area contributed by atoms with E-state index < -0.39 is 9.85 Å². The van der Waals surface area contributed by atoms with E-state index in [-0.39, 0.29) is 28.7 Å². The molecule has 0 aromatic heterocycles. The molecule has 0 heterocycles. The zero-order valence-electron chi connectivity index (χ0n) is 12.7. The first-order valence-corrected chi connectivity index (χ1v) is 8.11. The topological polar surface area (TPSA) is 141 Å². The zero-order valence-corrected chi connectivity index (χ0v) is 15.9. The van der Waals surface area contributed by atoms with Crippen molar-refractivity contribution in [2.75, 3.05) is 11.1 Å². The summed E-state index contributed by atoms with van der Waals surface area (Å²) in [6.07, 6.45) is 0. The van der Waals surface area contributed by atoms with Gasteiger partial charge >= 0.3 is 0 Å². The molecule has 3 N–H and O–H groups in total. The Morgan fingerprint density at radius 3 is 1.92 bits per heavy atom. The van der Waals surface area contributed by atoms with Gasteiger partial charge in [0.15, 0.2) is 0 Å². The molecule has 0 saturated heterocycles. The number of nitro benzene ring substituents is 2. The Morgan fingerprint density at radius 2 is 1.48 bits per heavy atom. The molecule has 0 radical (unpaired) electrons. The van der Waals surface area contributed by atoms with Crippen LogP contribution in [0.4, 0.5) is 22.7 Å². The van der Waals surface area contributed by atoms with Gasteiger partial charge in [0.25, 0.3) is 11.4 Å². The van der Waals surface area contributed by atoms with Gasteiger partial charge in [-0.2, -0.15) is 0 Å². The number of nitro groups is 2. The molecule has 0 bridgehead atoms. The summed E-state index contributed by atoms with van der Waals surface area (Å²) in [5, 5.41) is 23.2. The van der Waals surface area contributed by atoms with Gasteiger partial charge in [-0.3, -0.25) is 25.0 Å². The van der Waals surface area contributed by atoms with E-state index in [0.29, 0.717) is 8.95 Å². The average Bonchev–Trinajstić information content (AvgIpc) is 2.51. The molecule has 2 rings (SSSR count). The minimum atomic E-state index is -0.546. The molecule has 11 heteroatoms. The van der Waals surface area contributed by atoms with Crippen molar-refractivity contribution in [1.82, 2.24) is 0 Å². The summed E-state index contributed by atoms with van der Waals surface area (Å²) in [5.41, 5.74) is 5.51. The smallest absolute Gasteiger partial charge is 0.293 e. The van der Waals surface area contributed by atoms with Crippen molar-refractivity contribution in [3.8, 4) is 0 Å². The summed E-state index contributed by atoms with van der Waals surface area (Å²) in [6, 6.07) is 8.95. The maximum absolute atomic E-state index is 10.7. The number of benzene rings is 2. The van der Waals surface area contributed by atoms with Crippen molar-refractivity contribution < 1.29 is 14.6 Å². The third kappa shape index (κ3) is 6.47. The minimum absolute atomic E-state index is 0.0700. The number of anilines is 2. The fourth-order valence-electron chi connectivity index (χ4n) is 1.63. The Balaban J connectivity index is 0.000000257. The number of halogens is 2. The van der Waals surface area contributed by atoms with E-state index in [1.54, 1.807) is 12.1 Å². The highest BCUT2D eigenvalue weighted by molar-refractivity contribution is 9.10. The van der Waals surface area contributed by atoms with Crippen LogP contribution in [0.1, 0.15) is 6.92 Å². The molecule has 0 aliphatic carbocycles. The molecule has 132 valence electrons. The van der Waals surface area contributed by atoms with Gasteiger partial charge in [-0.15, -0.1) is 0 Å². The van der Waals surface area contributed by atoms with Crippen LogP contribution in [0.2, 0.25) is 0 Å². The lowest BCUT2D eigenvalue weighted by molar-refractivity contribution is -0.384. The van der Waals surface area contributed by atoms with Gasteiger partial charge in [-0.1, -0.05) is 31.9 Å². The molecule has 2 aromatic rings. The number of hydrogen-bond acceptors (Lipinski definition) is 6. The van der Waals surface area contributed by atoms with Crippen molar-refractivity contribution >= 4 is 60.5 Å². The van der Waals surface area contributed by atoms with Crippen molar-refractivity contribution in [2.24, 2.45) is 0 Å².